The van der Waals surface area contributed by atoms with Crippen LogP contribution in [0.1, 0.15) is 4.88 Å². The van der Waals surface area contributed by atoms with Gasteiger partial charge in [-0.25, -0.2) is 13.1 Å². The van der Waals surface area contributed by atoms with E-state index in [9.17, 15) is 0 Å². The van der Waals surface area contributed by atoms with Crippen molar-refractivity contribution in [3.05, 3.63) is 39.8 Å². The number of piperazine rings is 1. The summed E-state index contributed by atoms with van der Waals surface area (Å²) in [5.41, 5.74) is 0.806. The lowest BCUT2D eigenvalue weighted by atomic mass is 10.3. The second-order valence-electron chi connectivity index (χ2n) is 5.73. The zero-order valence-electron chi connectivity index (χ0n) is 13.3. The second-order valence-corrected chi connectivity index (χ2v) is 8.51. The Morgan fingerprint density at radius 1 is 1.24 bits per heavy atom. The van der Waals surface area contributed by atoms with Crippen LogP contribution >= 0.6 is 45.8 Å². The summed E-state index contributed by atoms with van der Waals surface area (Å²) in [7, 11) is 0. The fourth-order valence-corrected chi connectivity index (χ4v) is 3.97. The number of rotatable bonds is 4. The van der Waals surface area contributed by atoms with Gasteiger partial charge in [-0.1, -0.05) is 17.7 Å². The maximum Gasteiger partial charge on any atom is 0.228 e. The molecule has 1 saturated heterocycles. The number of fused-ring (bicyclic) bond motifs is 1. The first-order chi connectivity index (χ1) is 12.2. The molecule has 3 aromatic heterocycles. The van der Waals surface area contributed by atoms with E-state index in [1.165, 1.54) is 4.88 Å². The van der Waals surface area contributed by atoms with Crippen molar-refractivity contribution in [2.45, 2.75) is 6.54 Å². The Kier molecular flexibility index (Phi) is 5.20. The molecule has 1 N–H and O–H groups in total. The van der Waals surface area contributed by atoms with E-state index in [4.69, 9.17) is 21.6 Å². The molecule has 0 bridgehead atoms. The fraction of sp³-hybridized carbons (Fsp3) is 0.312. The highest BCUT2D eigenvalue weighted by Crippen LogP contribution is 2.26. The molecule has 9 heteroatoms. The van der Waals surface area contributed by atoms with Crippen LogP contribution < -0.4 is 10.2 Å². The van der Waals surface area contributed by atoms with Gasteiger partial charge in [-0.05, 0) is 17.5 Å². The lowest BCUT2D eigenvalue weighted by Crippen LogP contribution is -2.43. The van der Waals surface area contributed by atoms with Crippen molar-refractivity contribution in [1.29, 1.82) is 0 Å². The Labute approximate surface area is 168 Å². The van der Waals surface area contributed by atoms with Crippen LogP contribution in [-0.4, -0.2) is 44.2 Å². The monoisotopic (exact) mass is 486 g/mol. The van der Waals surface area contributed by atoms with Gasteiger partial charge in [0.05, 0.1) is 18.3 Å². The standard InChI is InChI=1S/C16H16ClIN6S/c17-14-8-12-13(10-19-14)21-16(23-3-5-24(18)6-4-23)22-15(12)20-9-11-2-1-7-25-11/h1-2,7-8,10H,3-6,9H2,(H,20,21,22). The first kappa shape index (κ1) is 17.2. The van der Waals surface area contributed by atoms with Crippen LogP contribution in [0.3, 0.4) is 0 Å². The van der Waals surface area contributed by atoms with Gasteiger partial charge in [0.15, 0.2) is 0 Å². The molecule has 0 aromatic carbocycles. The van der Waals surface area contributed by atoms with Crippen molar-refractivity contribution in [3.8, 4) is 0 Å². The molecule has 3 aromatic rings. The molecule has 4 rings (SSSR count). The maximum absolute atomic E-state index is 6.09. The largest absolute Gasteiger partial charge is 0.364 e. The van der Waals surface area contributed by atoms with Gasteiger partial charge in [0, 0.05) is 59.3 Å². The quantitative estimate of drug-likeness (QED) is 0.344. The van der Waals surface area contributed by atoms with Crippen LogP contribution in [0.15, 0.2) is 29.8 Å². The highest BCUT2D eigenvalue weighted by atomic mass is 127. The molecule has 1 aliphatic rings. The summed E-state index contributed by atoms with van der Waals surface area (Å²) in [5, 5.41) is 6.86. The molecule has 0 spiro atoms. The summed E-state index contributed by atoms with van der Waals surface area (Å²) >= 11 is 10.2. The van der Waals surface area contributed by atoms with Crippen LogP contribution in [-0.2, 0) is 6.54 Å². The second kappa shape index (κ2) is 7.56. The number of aromatic nitrogens is 3. The molecule has 0 radical (unpaired) electrons. The summed E-state index contributed by atoms with van der Waals surface area (Å²) in [4.78, 5) is 17.2. The van der Waals surface area contributed by atoms with E-state index in [1.807, 2.05) is 6.07 Å². The molecule has 130 valence electrons. The molecule has 1 fully saturated rings. The number of pyridine rings is 1. The fourth-order valence-electron chi connectivity index (χ4n) is 2.74. The normalized spacial score (nSPS) is 15.7. The third kappa shape index (κ3) is 3.97. The SMILES string of the molecule is Clc1cc2c(NCc3cccs3)nc(N3CCN(I)CC3)nc2cn1. The average molecular weight is 487 g/mol. The number of nitrogens with one attached hydrogen (secondary N) is 1. The lowest BCUT2D eigenvalue weighted by Gasteiger charge is -2.31. The minimum absolute atomic E-state index is 0.446. The highest BCUT2D eigenvalue weighted by molar-refractivity contribution is 14.1. The van der Waals surface area contributed by atoms with Gasteiger partial charge < -0.3 is 10.2 Å². The lowest BCUT2D eigenvalue weighted by molar-refractivity contribution is 0.456. The van der Waals surface area contributed by atoms with Crippen molar-refractivity contribution in [1.82, 2.24) is 18.1 Å². The van der Waals surface area contributed by atoms with E-state index in [2.05, 4.69) is 58.7 Å². The van der Waals surface area contributed by atoms with E-state index in [-0.39, 0.29) is 0 Å². The predicted octanol–water partition coefficient (Wildman–Crippen LogP) is 3.82. The highest BCUT2D eigenvalue weighted by Gasteiger charge is 2.19. The van der Waals surface area contributed by atoms with Crippen LogP contribution in [0.5, 0.6) is 0 Å². The van der Waals surface area contributed by atoms with Gasteiger partial charge in [0.25, 0.3) is 0 Å². The van der Waals surface area contributed by atoms with E-state index in [1.54, 1.807) is 17.5 Å². The van der Waals surface area contributed by atoms with E-state index < -0.39 is 0 Å². The summed E-state index contributed by atoms with van der Waals surface area (Å²) < 4.78 is 2.28. The van der Waals surface area contributed by atoms with Gasteiger partial charge in [-0.15, -0.1) is 11.3 Å². The van der Waals surface area contributed by atoms with Gasteiger partial charge in [0.2, 0.25) is 5.95 Å². The van der Waals surface area contributed by atoms with Gasteiger partial charge in [0.1, 0.15) is 11.0 Å². The minimum Gasteiger partial charge on any atom is -0.364 e. The summed E-state index contributed by atoms with van der Waals surface area (Å²) in [6.07, 6.45) is 1.72. The first-order valence-electron chi connectivity index (χ1n) is 7.94. The minimum atomic E-state index is 0.446. The van der Waals surface area contributed by atoms with Crippen molar-refractivity contribution < 1.29 is 0 Å². The van der Waals surface area contributed by atoms with Gasteiger partial charge in [-0.2, -0.15) is 4.98 Å². The molecule has 0 amide bonds. The summed E-state index contributed by atoms with van der Waals surface area (Å²) in [5.74, 6) is 1.55. The Balaban J connectivity index is 1.68. The number of hydrogen-bond donors (Lipinski definition) is 1. The van der Waals surface area contributed by atoms with E-state index in [0.717, 1.165) is 55.4 Å². The molecule has 0 unspecified atom stereocenters. The van der Waals surface area contributed by atoms with E-state index >= 15 is 0 Å². The first-order valence-corrected chi connectivity index (χ1v) is 10.2. The summed E-state index contributed by atoms with van der Waals surface area (Å²) in [6, 6.07) is 5.98. The molecule has 25 heavy (non-hydrogen) atoms. The maximum atomic E-state index is 6.09. The van der Waals surface area contributed by atoms with Gasteiger partial charge >= 0.3 is 0 Å². The van der Waals surface area contributed by atoms with Crippen molar-refractivity contribution >= 4 is 68.5 Å². The average Bonchev–Trinajstić information content (AvgIpc) is 3.14. The predicted molar refractivity (Wildman–Crippen MR) is 112 cm³/mol. The number of halogens is 2. The molecular formula is C16H16ClIN6S. The van der Waals surface area contributed by atoms with Crippen molar-refractivity contribution in [3.63, 3.8) is 0 Å². The Morgan fingerprint density at radius 3 is 2.84 bits per heavy atom. The van der Waals surface area contributed by atoms with Crippen LogP contribution in [0.2, 0.25) is 5.15 Å². The Bertz CT molecular complexity index is 866. The van der Waals surface area contributed by atoms with Crippen LogP contribution in [0.25, 0.3) is 10.9 Å². The molecular weight excluding hydrogens is 471 g/mol. The molecule has 0 saturated carbocycles. The smallest absolute Gasteiger partial charge is 0.228 e. The zero-order chi connectivity index (χ0) is 17.2. The Morgan fingerprint density at radius 2 is 2.08 bits per heavy atom. The zero-order valence-corrected chi connectivity index (χ0v) is 17.1. The Hall–Kier alpha value is -1.23. The van der Waals surface area contributed by atoms with Crippen LogP contribution in [0, 0.1) is 0 Å². The third-order valence-corrected chi connectivity index (χ3v) is 6.10. The third-order valence-electron chi connectivity index (χ3n) is 4.06. The molecule has 6 nitrogen and oxygen atoms in total. The van der Waals surface area contributed by atoms with Crippen LogP contribution in [0.4, 0.5) is 11.8 Å². The van der Waals surface area contributed by atoms with E-state index in [0.29, 0.717) is 5.15 Å². The summed E-state index contributed by atoms with van der Waals surface area (Å²) in [6.45, 7) is 4.56. The number of thiophene rings is 1. The van der Waals surface area contributed by atoms with Gasteiger partial charge in [-0.3, -0.25) is 0 Å². The number of hydrogen-bond acceptors (Lipinski definition) is 7. The van der Waals surface area contributed by atoms with Crippen molar-refractivity contribution in [2.24, 2.45) is 0 Å². The molecule has 0 aliphatic carbocycles. The molecule has 1 aliphatic heterocycles. The molecule has 0 atom stereocenters. The topological polar surface area (TPSA) is 57.2 Å². The number of nitrogens with zero attached hydrogens (tertiary/aromatic N) is 5. The van der Waals surface area contributed by atoms with Crippen molar-refractivity contribution in [2.75, 3.05) is 36.4 Å². The molecule has 4 heterocycles. The number of anilines is 2.